The van der Waals surface area contributed by atoms with E-state index in [2.05, 4.69) is 5.32 Å². The number of fused-ring (bicyclic) bond motifs is 1. The van der Waals surface area contributed by atoms with Gasteiger partial charge in [-0.2, -0.15) is 0 Å². The van der Waals surface area contributed by atoms with Crippen LogP contribution in [-0.2, 0) is 33.3 Å². The average Bonchev–Trinajstić information content (AvgIpc) is 3.00. The van der Waals surface area contributed by atoms with Gasteiger partial charge in [0.25, 0.3) is 5.91 Å². The maximum Gasteiger partial charge on any atom is 0.328 e. The standard InChI is InChI=1S/C14H18N2O8/c1-6(17)21-5-9-8(22-7(2)18)4-10(23-9)16-12-14(3,24-12)11(19)15-13(16)20/h8-10,12H,4-5H2,1-3H3,(H,15,19,20)/t8-,9+,10+,12?,14+/m0/s1. The number of hydrogen-bond donors (Lipinski definition) is 1. The number of imide groups is 1. The largest absolute Gasteiger partial charge is 0.463 e. The van der Waals surface area contributed by atoms with E-state index >= 15 is 0 Å². The number of ether oxygens (including phenoxy) is 4. The molecule has 3 saturated heterocycles. The molecule has 3 rings (SSSR count). The van der Waals surface area contributed by atoms with Crippen molar-refractivity contribution < 1.29 is 38.1 Å². The molecule has 0 spiro atoms. The molecule has 10 nitrogen and oxygen atoms in total. The predicted octanol–water partition coefficient (Wildman–Crippen LogP) is -0.737. The SMILES string of the molecule is CC(=O)OC[C@H]1O[C@@H](N2C(=O)NC(=O)[C@@]3(C)OC23)C[C@@H]1OC(C)=O. The van der Waals surface area contributed by atoms with E-state index in [0.29, 0.717) is 0 Å². The third-order valence-corrected chi connectivity index (χ3v) is 4.19. The Morgan fingerprint density at radius 3 is 2.67 bits per heavy atom. The summed E-state index contributed by atoms with van der Waals surface area (Å²) in [4.78, 5) is 47.3. The summed E-state index contributed by atoms with van der Waals surface area (Å²) in [5, 5.41) is 2.21. The summed E-state index contributed by atoms with van der Waals surface area (Å²) in [6, 6.07) is -0.639. The number of esters is 2. The molecule has 0 aromatic carbocycles. The minimum Gasteiger partial charge on any atom is -0.463 e. The molecule has 0 aromatic rings. The summed E-state index contributed by atoms with van der Waals surface area (Å²) in [5.41, 5.74) is -1.10. The molecule has 3 fully saturated rings. The molecule has 3 amide bonds. The van der Waals surface area contributed by atoms with Crippen molar-refractivity contribution in [2.24, 2.45) is 0 Å². The number of amides is 3. The van der Waals surface area contributed by atoms with Crippen LogP contribution in [0.3, 0.4) is 0 Å². The highest BCUT2D eigenvalue weighted by Crippen LogP contribution is 2.44. The summed E-state index contributed by atoms with van der Waals surface area (Å²) in [5.74, 6) is -1.51. The molecule has 5 atom stereocenters. The van der Waals surface area contributed by atoms with E-state index in [-0.39, 0.29) is 13.0 Å². The third-order valence-electron chi connectivity index (χ3n) is 4.19. The summed E-state index contributed by atoms with van der Waals surface area (Å²) < 4.78 is 21.2. The lowest BCUT2D eigenvalue weighted by molar-refractivity contribution is -0.156. The van der Waals surface area contributed by atoms with E-state index in [9.17, 15) is 19.2 Å². The molecule has 3 heterocycles. The second-order valence-corrected chi connectivity index (χ2v) is 6.06. The third kappa shape index (κ3) is 2.82. The van der Waals surface area contributed by atoms with Crippen LogP contribution in [0.4, 0.5) is 4.79 Å². The predicted molar refractivity (Wildman–Crippen MR) is 74.1 cm³/mol. The average molecular weight is 342 g/mol. The molecule has 1 N–H and O–H groups in total. The minimum atomic E-state index is -1.10. The fraction of sp³-hybridized carbons (Fsp3) is 0.714. The Kier molecular flexibility index (Phi) is 3.96. The van der Waals surface area contributed by atoms with Gasteiger partial charge in [-0.3, -0.25) is 24.6 Å². The minimum absolute atomic E-state index is 0.110. The zero-order chi connectivity index (χ0) is 17.6. The fourth-order valence-electron chi connectivity index (χ4n) is 2.92. The first-order chi connectivity index (χ1) is 11.2. The van der Waals surface area contributed by atoms with Crippen LogP contribution in [0.1, 0.15) is 27.2 Å². The fourth-order valence-corrected chi connectivity index (χ4v) is 2.92. The van der Waals surface area contributed by atoms with Gasteiger partial charge in [-0.05, 0) is 6.92 Å². The summed E-state index contributed by atoms with van der Waals surface area (Å²) >= 11 is 0. The number of rotatable bonds is 4. The van der Waals surface area contributed by atoms with Crippen LogP contribution in [0.25, 0.3) is 0 Å². The summed E-state index contributed by atoms with van der Waals surface area (Å²) in [6.07, 6.45) is -2.70. The quantitative estimate of drug-likeness (QED) is 0.523. The second kappa shape index (κ2) is 5.71. The lowest BCUT2D eigenvalue weighted by atomic mass is 10.1. The molecule has 10 heteroatoms. The van der Waals surface area contributed by atoms with Gasteiger partial charge in [0.05, 0.1) is 0 Å². The van der Waals surface area contributed by atoms with Crippen LogP contribution in [0.2, 0.25) is 0 Å². The lowest BCUT2D eigenvalue weighted by Gasteiger charge is -2.30. The molecule has 1 unspecified atom stereocenters. The number of hydrogen-bond acceptors (Lipinski definition) is 8. The maximum absolute atomic E-state index is 12.1. The van der Waals surface area contributed by atoms with Crippen LogP contribution in [-0.4, -0.2) is 65.6 Å². The Hall–Kier alpha value is -2.20. The highest BCUT2D eigenvalue weighted by molar-refractivity contribution is 6.03. The van der Waals surface area contributed by atoms with Gasteiger partial charge in [0.1, 0.15) is 25.0 Å². The van der Waals surface area contributed by atoms with Gasteiger partial charge >= 0.3 is 18.0 Å². The number of carbonyl (C=O) groups excluding carboxylic acids is 4. The van der Waals surface area contributed by atoms with Crippen molar-refractivity contribution in [3.05, 3.63) is 0 Å². The van der Waals surface area contributed by atoms with E-state index in [1.165, 1.54) is 18.7 Å². The molecule has 24 heavy (non-hydrogen) atoms. The normalized spacial score (nSPS) is 37.5. The van der Waals surface area contributed by atoms with Gasteiger partial charge in [0, 0.05) is 20.3 Å². The first-order valence-electron chi connectivity index (χ1n) is 7.50. The molecule has 132 valence electrons. The molecule has 0 saturated carbocycles. The zero-order valence-corrected chi connectivity index (χ0v) is 13.4. The van der Waals surface area contributed by atoms with Crippen molar-refractivity contribution in [3.63, 3.8) is 0 Å². The van der Waals surface area contributed by atoms with E-state index in [0.717, 1.165) is 0 Å². The topological polar surface area (TPSA) is 124 Å². The lowest BCUT2D eigenvalue weighted by Crippen LogP contribution is -2.59. The Labute approximate surface area is 137 Å². The molecule has 0 aromatic heterocycles. The van der Waals surface area contributed by atoms with Gasteiger partial charge in [0.15, 0.2) is 11.8 Å². The van der Waals surface area contributed by atoms with Gasteiger partial charge in [-0.15, -0.1) is 0 Å². The molecule has 3 aliphatic rings. The van der Waals surface area contributed by atoms with Crippen LogP contribution in [0.15, 0.2) is 0 Å². The summed E-state index contributed by atoms with van der Waals surface area (Å²) in [7, 11) is 0. The van der Waals surface area contributed by atoms with Crippen molar-refractivity contribution in [1.82, 2.24) is 10.2 Å². The van der Waals surface area contributed by atoms with E-state index in [4.69, 9.17) is 18.9 Å². The van der Waals surface area contributed by atoms with Crippen LogP contribution in [0.5, 0.6) is 0 Å². The highest BCUT2D eigenvalue weighted by atomic mass is 16.7. The number of nitrogens with one attached hydrogen (secondary N) is 1. The Morgan fingerprint density at radius 1 is 1.33 bits per heavy atom. The van der Waals surface area contributed by atoms with Gasteiger partial charge < -0.3 is 18.9 Å². The first-order valence-corrected chi connectivity index (χ1v) is 7.50. The maximum atomic E-state index is 12.1. The molecular formula is C14H18N2O8. The Balaban J connectivity index is 1.72. The number of carbonyl (C=O) groups is 4. The molecule has 0 aliphatic carbocycles. The van der Waals surface area contributed by atoms with Gasteiger partial charge in [-0.1, -0.05) is 0 Å². The molecule has 3 aliphatic heterocycles. The second-order valence-electron chi connectivity index (χ2n) is 6.06. The highest BCUT2D eigenvalue weighted by Gasteiger charge is 2.68. The van der Waals surface area contributed by atoms with Crippen LogP contribution >= 0.6 is 0 Å². The van der Waals surface area contributed by atoms with E-state index < -0.39 is 54.1 Å². The zero-order valence-electron chi connectivity index (χ0n) is 13.4. The first kappa shape index (κ1) is 16.7. The van der Waals surface area contributed by atoms with Crippen LogP contribution in [0, 0.1) is 0 Å². The Bertz CT molecular complexity index is 608. The van der Waals surface area contributed by atoms with Crippen molar-refractivity contribution >= 4 is 23.9 Å². The molecule has 0 bridgehead atoms. The van der Waals surface area contributed by atoms with Gasteiger partial charge in [-0.25, -0.2) is 4.79 Å². The number of nitrogens with zero attached hydrogens (tertiary/aromatic N) is 1. The van der Waals surface area contributed by atoms with Crippen molar-refractivity contribution in [1.29, 1.82) is 0 Å². The van der Waals surface area contributed by atoms with E-state index in [1.807, 2.05) is 0 Å². The molecular weight excluding hydrogens is 324 g/mol. The Morgan fingerprint density at radius 2 is 2.04 bits per heavy atom. The van der Waals surface area contributed by atoms with Crippen molar-refractivity contribution in [2.75, 3.05) is 6.61 Å². The van der Waals surface area contributed by atoms with E-state index in [1.54, 1.807) is 6.92 Å². The summed E-state index contributed by atoms with van der Waals surface area (Å²) in [6.45, 7) is 3.96. The number of epoxide rings is 1. The monoisotopic (exact) mass is 342 g/mol. The number of urea groups is 1. The van der Waals surface area contributed by atoms with Crippen molar-refractivity contribution in [3.8, 4) is 0 Å². The van der Waals surface area contributed by atoms with Crippen LogP contribution < -0.4 is 5.32 Å². The molecule has 0 radical (unpaired) electrons. The van der Waals surface area contributed by atoms with Gasteiger partial charge in [0.2, 0.25) is 0 Å². The van der Waals surface area contributed by atoms with Crippen molar-refractivity contribution in [2.45, 2.75) is 57.5 Å². The smallest absolute Gasteiger partial charge is 0.328 e.